The summed E-state index contributed by atoms with van der Waals surface area (Å²) >= 11 is 0. The lowest BCUT2D eigenvalue weighted by atomic mass is 9.79. The molecule has 1 unspecified atom stereocenters. The molecule has 0 radical (unpaired) electrons. The molecule has 1 amide bonds. The molecule has 25 heavy (non-hydrogen) atoms. The summed E-state index contributed by atoms with van der Waals surface area (Å²) < 4.78 is 37.4. The first-order valence-electron chi connectivity index (χ1n) is 8.62. The number of rotatable bonds is 8. The maximum absolute atomic E-state index is 12.4. The molecule has 10 heteroatoms. The lowest BCUT2D eigenvalue weighted by molar-refractivity contribution is -0.135. The van der Waals surface area contributed by atoms with Gasteiger partial charge in [-0.2, -0.15) is 0 Å². The Morgan fingerprint density at radius 1 is 1.20 bits per heavy atom. The maximum Gasteiger partial charge on any atom is 0.227 e. The number of nitrogens with one attached hydrogen (secondary N) is 2. The van der Waals surface area contributed by atoms with Crippen LogP contribution >= 0.6 is 12.4 Å². The van der Waals surface area contributed by atoms with E-state index in [1.165, 1.54) is 0 Å². The second-order valence-electron chi connectivity index (χ2n) is 6.51. The Balaban J connectivity index is 0.00000312. The molecule has 1 atom stereocenters. The van der Waals surface area contributed by atoms with E-state index in [0.29, 0.717) is 39.2 Å². The molecular formula is C15H30ClN3O5S. The van der Waals surface area contributed by atoms with Gasteiger partial charge >= 0.3 is 0 Å². The quantitative estimate of drug-likeness (QED) is 0.518. The van der Waals surface area contributed by atoms with Crippen LogP contribution in [0.4, 0.5) is 0 Å². The average Bonchev–Trinajstić information content (AvgIpc) is 2.61. The van der Waals surface area contributed by atoms with E-state index >= 15 is 0 Å². The lowest BCUT2D eigenvalue weighted by Gasteiger charge is -2.34. The lowest BCUT2D eigenvalue weighted by Crippen LogP contribution is -2.50. The van der Waals surface area contributed by atoms with E-state index in [1.807, 2.05) is 0 Å². The number of carbonyl (C=O) groups excluding carboxylic acids is 1. The molecule has 2 rings (SSSR count). The van der Waals surface area contributed by atoms with Crippen LogP contribution in [0.1, 0.15) is 32.1 Å². The van der Waals surface area contributed by atoms with Crippen molar-refractivity contribution in [1.82, 2.24) is 10.0 Å². The van der Waals surface area contributed by atoms with Crippen LogP contribution in [0.2, 0.25) is 0 Å². The summed E-state index contributed by atoms with van der Waals surface area (Å²) in [7, 11) is -3.43. The highest BCUT2D eigenvalue weighted by Gasteiger charge is 2.38. The van der Waals surface area contributed by atoms with Gasteiger partial charge in [-0.05, 0) is 32.1 Å². The minimum absolute atomic E-state index is 0. The Bertz CT molecular complexity index is 505. The Hall–Kier alpha value is -0.450. The highest BCUT2D eigenvalue weighted by atomic mass is 35.5. The fraction of sp³-hybridized carbons (Fsp3) is 0.933. The van der Waals surface area contributed by atoms with Gasteiger partial charge in [0.15, 0.2) is 0 Å². The largest absolute Gasteiger partial charge is 0.381 e. The summed E-state index contributed by atoms with van der Waals surface area (Å²) in [6, 6.07) is 0. The molecule has 0 spiro atoms. The standard InChI is InChI=1S/C15H29N3O5S.ClH/c16-12-15(4-8-22-9-5-15)14(19)17-6-10-24(20,21)18-11-13-3-1-2-7-23-13;/h13,18H,1-12,16H2,(H,17,19);1H. The topological polar surface area (TPSA) is 120 Å². The van der Waals surface area contributed by atoms with Crippen LogP contribution in [-0.4, -0.2) is 65.6 Å². The van der Waals surface area contributed by atoms with Crippen LogP contribution in [0.5, 0.6) is 0 Å². The Kier molecular flexibility index (Phi) is 9.61. The van der Waals surface area contributed by atoms with Gasteiger partial charge in [0.25, 0.3) is 0 Å². The van der Waals surface area contributed by atoms with Crippen molar-refractivity contribution in [2.24, 2.45) is 11.1 Å². The summed E-state index contributed by atoms with van der Waals surface area (Å²) in [5.41, 5.74) is 5.13. The molecule has 2 fully saturated rings. The van der Waals surface area contributed by atoms with Crippen LogP contribution in [0.15, 0.2) is 0 Å². The van der Waals surface area contributed by atoms with Crippen molar-refractivity contribution in [3.8, 4) is 0 Å². The first kappa shape index (κ1) is 22.6. The van der Waals surface area contributed by atoms with E-state index in [1.54, 1.807) is 0 Å². The van der Waals surface area contributed by atoms with E-state index < -0.39 is 15.4 Å². The van der Waals surface area contributed by atoms with Gasteiger partial charge in [0.2, 0.25) is 15.9 Å². The zero-order chi connectivity index (χ0) is 17.5. The van der Waals surface area contributed by atoms with E-state index in [9.17, 15) is 13.2 Å². The second-order valence-corrected chi connectivity index (χ2v) is 8.44. The average molecular weight is 400 g/mol. The predicted octanol–water partition coefficient (Wildman–Crippen LogP) is -0.232. The molecule has 2 heterocycles. The van der Waals surface area contributed by atoms with Crippen molar-refractivity contribution in [2.75, 3.05) is 45.2 Å². The Morgan fingerprint density at radius 3 is 2.52 bits per heavy atom. The van der Waals surface area contributed by atoms with E-state index in [-0.39, 0.29) is 43.3 Å². The van der Waals surface area contributed by atoms with Crippen molar-refractivity contribution in [3.05, 3.63) is 0 Å². The smallest absolute Gasteiger partial charge is 0.227 e. The van der Waals surface area contributed by atoms with Crippen molar-refractivity contribution in [2.45, 2.75) is 38.2 Å². The van der Waals surface area contributed by atoms with Crippen molar-refractivity contribution in [1.29, 1.82) is 0 Å². The molecule has 0 aromatic heterocycles. The summed E-state index contributed by atoms with van der Waals surface area (Å²) in [5.74, 6) is -0.332. The van der Waals surface area contributed by atoms with Gasteiger partial charge in [-0.3, -0.25) is 4.79 Å². The molecule has 8 nitrogen and oxygen atoms in total. The fourth-order valence-corrected chi connectivity index (χ4v) is 3.99. The number of halogens is 1. The van der Waals surface area contributed by atoms with Crippen LogP contribution in [0.25, 0.3) is 0 Å². The maximum atomic E-state index is 12.4. The summed E-state index contributed by atoms with van der Waals surface area (Å²) in [6.45, 7) is 2.31. The molecule has 0 aliphatic carbocycles. The zero-order valence-corrected chi connectivity index (χ0v) is 16.1. The molecule has 148 valence electrons. The summed E-state index contributed by atoms with van der Waals surface area (Å²) in [6.07, 6.45) is 4.06. The number of hydrogen-bond donors (Lipinski definition) is 3. The number of sulfonamides is 1. The van der Waals surface area contributed by atoms with Crippen molar-refractivity contribution >= 4 is 28.3 Å². The molecule has 2 saturated heterocycles. The predicted molar refractivity (Wildman–Crippen MR) is 97.2 cm³/mol. The normalized spacial score (nSPS) is 23.5. The monoisotopic (exact) mass is 399 g/mol. The molecule has 0 aromatic rings. The van der Waals surface area contributed by atoms with Crippen LogP contribution in [0.3, 0.4) is 0 Å². The molecule has 2 aliphatic heterocycles. The zero-order valence-electron chi connectivity index (χ0n) is 14.5. The highest BCUT2D eigenvalue weighted by Crippen LogP contribution is 2.29. The number of ether oxygens (including phenoxy) is 2. The molecule has 0 bridgehead atoms. The van der Waals surface area contributed by atoms with E-state index in [2.05, 4.69) is 10.0 Å². The molecule has 0 aromatic carbocycles. The minimum atomic E-state index is -3.43. The highest BCUT2D eigenvalue weighted by molar-refractivity contribution is 7.89. The Morgan fingerprint density at radius 2 is 1.92 bits per heavy atom. The number of amides is 1. The van der Waals surface area contributed by atoms with E-state index in [4.69, 9.17) is 15.2 Å². The van der Waals surface area contributed by atoms with Crippen LogP contribution < -0.4 is 15.8 Å². The summed E-state index contributed by atoms with van der Waals surface area (Å²) in [5, 5.41) is 2.71. The molecule has 4 N–H and O–H groups in total. The van der Waals surface area contributed by atoms with E-state index in [0.717, 1.165) is 19.3 Å². The van der Waals surface area contributed by atoms with Gasteiger partial charge in [0.1, 0.15) is 0 Å². The van der Waals surface area contributed by atoms with Crippen molar-refractivity contribution < 1.29 is 22.7 Å². The van der Waals surface area contributed by atoms with Gasteiger partial charge in [-0.1, -0.05) is 0 Å². The third kappa shape index (κ3) is 6.99. The molecule has 2 aliphatic rings. The third-order valence-electron chi connectivity index (χ3n) is 4.78. The molecule has 0 saturated carbocycles. The van der Waals surface area contributed by atoms with Gasteiger partial charge in [0, 0.05) is 39.5 Å². The van der Waals surface area contributed by atoms with Crippen LogP contribution in [-0.2, 0) is 24.3 Å². The van der Waals surface area contributed by atoms with Gasteiger partial charge in [0.05, 0.1) is 17.3 Å². The van der Waals surface area contributed by atoms with Gasteiger partial charge in [-0.25, -0.2) is 13.1 Å². The number of carbonyl (C=O) groups is 1. The number of hydrogen-bond acceptors (Lipinski definition) is 6. The van der Waals surface area contributed by atoms with Crippen molar-refractivity contribution in [3.63, 3.8) is 0 Å². The second kappa shape index (κ2) is 10.6. The third-order valence-corrected chi connectivity index (χ3v) is 6.13. The Labute approximate surface area is 156 Å². The summed E-state index contributed by atoms with van der Waals surface area (Å²) in [4.78, 5) is 12.4. The number of nitrogens with two attached hydrogens (primary N) is 1. The van der Waals surface area contributed by atoms with Gasteiger partial charge in [-0.15, -0.1) is 12.4 Å². The van der Waals surface area contributed by atoms with Crippen LogP contribution in [0, 0.1) is 5.41 Å². The SMILES string of the molecule is Cl.NCC1(C(=O)NCCS(=O)(=O)NCC2CCCCO2)CCOCC1. The molecular weight excluding hydrogens is 370 g/mol. The first-order valence-corrected chi connectivity index (χ1v) is 10.3. The fourth-order valence-electron chi connectivity index (χ4n) is 3.03. The first-order chi connectivity index (χ1) is 11.5. The minimum Gasteiger partial charge on any atom is -0.381 e. The van der Waals surface area contributed by atoms with Gasteiger partial charge < -0.3 is 20.5 Å².